The Kier molecular flexibility index (Phi) is 8.78. The lowest BCUT2D eigenvalue weighted by Crippen LogP contribution is -2.24. The van der Waals surface area contributed by atoms with Gasteiger partial charge in [-0.15, -0.1) is 0 Å². The highest BCUT2D eigenvalue weighted by molar-refractivity contribution is 7.80. The van der Waals surface area contributed by atoms with Gasteiger partial charge in [0.2, 0.25) is 5.91 Å². The molecule has 0 aliphatic heterocycles. The quantitative estimate of drug-likeness (QED) is 0.465. The van der Waals surface area contributed by atoms with Gasteiger partial charge < -0.3 is 5.32 Å². The number of carbonyl (C=O) groups excluding carboxylic acids is 1. The Morgan fingerprint density at radius 2 is 2.08 bits per heavy atom. The van der Waals surface area contributed by atoms with Crippen molar-refractivity contribution >= 4 is 18.5 Å². The second kappa shape index (κ2) is 8.91. The van der Waals surface area contributed by atoms with E-state index in [0.29, 0.717) is 6.42 Å². The highest BCUT2D eigenvalue weighted by Crippen LogP contribution is 1.93. The Morgan fingerprint density at radius 3 is 2.67 bits per heavy atom. The van der Waals surface area contributed by atoms with Crippen molar-refractivity contribution in [3.05, 3.63) is 0 Å². The van der Waals surface area contributed by atoms with E-state index in [4.69, 9.17) is 0 Å². The van der Waals surface area contributed by atoms with Crippen molar-refractivity contribution in [2.45, 2.75) is 39.0 Å². The zero-order valence-corrected chi connectivity index (χ0v) is 8.70. The lowest BCUT2D eigenvalue weighted by Gasteiger charge is -2.02. The maximum Gasteiger partial charge on any atom is 0.220 e. The first-order chi connectivity index (χ1) is 5.81. The van der Waals surface area contributed by atoms with Crippen LogP contribution in [0.5, 0.6) is 0 Å². The number of thiol groups is 1. The van der Waals surface area contributed by atoms with E-state index in [1.807, 2.05) is 0 Å². The van der Waals surface area contributed by atoms with Gasteiger partial charge in [-0.2, -0.15) is 12.6 Å². The molecule has 0 aliphatic rings. The Hall–Kier alpha value is -0.180. The van der Waals surface area contributed by atoms with Crippen LogP contribution in [0, 0.1) is 0 Å². The van der Waals surface area contributed by atoms with Crippen molar-refractivity contribution in [2.75, 3.05) is 12.3 Å². The number of unbranched alkanes of at least 4 members (excludes halogenated alkanes) is 2. The van der Waals surface area contributed by atoms with Crippen molar-refractivity contribution in [1.82, 2.24) is 5.32 Å². The van der Waals surface area contributed by atoms with E-state index in [9.17, 15) is 4.79 Å². The molecule has 0 bridgehead atoms. The molecule has 0 aromatic carbocycles. The SMILES string of the molecule is CCCCCNC(=O)CCCS. The Balaban J connectivity index is 3.08. The molecule has 0 fully saturated rings. The average Bonchev–Trinajstić information content (AvgIpc) is 2.09. The van der Waals surface area contributed by atoms with Crippen LogP contribution in [0.3, 0.4) is 0 Å². The molecule has 12 heavy (non-hydrogen) atoms. The summed E-state index contributed by atoms with van der Waals surface area (Å²) in [6.07, 6.45) is 5.00. The molecule has 2 nitrogen and oxygen atoms in total. The fourth-order valence-corrected chi connectivity index (χ4v) is 1.09. The van der Waals surface area contributed by atoms with E-state index >= 15 is 0 Å². The molecule has 3 heteroatoms. The summed E-state index contributed by atoms with van der Waals surface area (Å²) in [6.45, 7) is 2.99. The van der Waals surface area contributed by atoms with Crippen LogP contribution >= 0.6 is 12.6 Å². The summed E-state index contributed by atoms with van der Waals surface area (Å²) >= 11 is 4.04. The Labute approximate surface area is 80.5 Å². The lowest BCUT2D eigenvalue weighted by atomic mass is 10.2. The van der Waals surface area contributed by atoms with Gasteiger partial charge in [0, 0.05) is 13.0 Å². The number of hydrogen-bond donors (Lipinski definition) is 2. The summed E-state index contributed by atoms with van der Waals surface area (Å²) in [4.78, 5) is 11.0. The summed E-state index contributed by atoms with van der Waals surface area (Å²) in [5.41, 5.74) is 0. The average molecular weight is 189 g/mol. The van der Waals surface area contributed by atoms with Crippen LogP contribution < -0.4 is 5.32 Å². The van der Waals surface area contributed by atoms with E-state index in [0.717, 1.165) is 25.1 Å². The Morgan fingerprint density at radius 1 is 1.33 bits per heavy atom. The standard InChI is InChI=1S/C9H19NOS/c1-2-3-4-7-10-9(11)6-5-8-12/h12H,2-8H2,1H3,(H,10,11). The molecule has 1 N–H and O–H groups in total. The number of nitrogens with one attached hydrogen (secondary N) is 1. The zero-order chi connectivity index (χ0) is 9.23. The molecule has 0 aliphatic carbocycles. The molecule has 0 heterocycles. The van der Waals surface area contributed by atoms with Crippen LogP contribution in [0.1, 0.15) is 39.0 Å². The van der Waals surface area contributed by atoms with E-state index in [1.54, 1.807) is 0 Å². The first-order valence-corrected chi connectivity index (χ1v) is 5.32. The largest absolute Gasteiger partial charge is 0.356 e. The fraction of sp³-hybridized carbons (Fsp3) is 0.889. The van der Waals surface area contributed by atoms with E-state index < -0.39 is 0 Å². The maximum absolute atomic E-state index is 11.0. The highest BCUT2D eigenvalue weighted by atomic mass is 32.1. The van der Waals surface area contributed by atoms with E-state index in [2.05, 4.69) is 24.9 Å². The smallest absolute Gasteiger partial charge is 0.220 e. The van der Waals surface area contributed by atoms with Crippen LogP contribution in [0.2, 0.25) is 0 Å². The normalized spacial score (nSPS) is 9.83. The van der Waals surface area contributed by atoms with Crippen LogP contribution in [-0.4, -0.2) is 18.2 Å². The summed E-state index contributed by atoms with van der Waals surface area (Å²) < 4.78 is 0. The number of carbonyl (C=O) groups is 1. The number of amides is 1. The monoisotopic (exact) mass is 189 g/mol. The zero-order valence-electron chi connectivity index (χ0n) is 7.81. The Bertz CT molecular complexity index is 117. The van der Waals surface area contributed by atoms with Crippen molar-refractivity contribution in [3.63, 3.8) is 0 Å². The van der Waals surface area contributed by atoms with Gasteiger partial charge in [0.05, 0.1) is 0 Å². The van der Waals surface area contributed by atoms with Crippen LogP contribution in [-0.2, 0) is 4.79 Å². The molecule has 0 aromatic rings. The molecule has 0 rings (SSSR count). The van der Waals surface area contributed by atoms with Crippen LogP contribution in [0.4, 0.5) is 0 Å². The van der Waals surface area contributed by atoms with Gasteiger partial charge in [-0.1, -0.05) is 19.8 Å². The first kappa shape index (κ1) is 11.8. The first-order valence-electron chi connectivity index (χ1n) is 4.68. The van der Waals surface area contributed by atoms with Gasteiger partial charge in [-0.25, -0.2) is 0 Å². The van der Waals surface area contributed by atoms with E-state index in [1.165, 1.54) is 12.8 Å². The van der Waals surface area contributed by atoms with Crippen LogP contribution in [0.15, 0.2) is 0 Å². The van der Waals surface area contributed by atoms with Crippen molar-refractivity contribution in [3.8, 4) is 0 Å². The van der Waals surface area contributed by atoms with E-state index in [-0.39, 0.29) is 5.91 Å². The summed E-state index contributed by atoms with van der Waals surface area (Å²) in [6, 6.07) is 0. The van der Waals surface area contributed by atoms with Gasteiger partial charge in [0.25, 0.3) is 0 Å². The van der Waals surface area contributed by atoms with Gasteiger partial charge in [0.15, 0.2) is 0 Å². The predicted octanol–water partition coefficient (Wildman–Crippen LogP) is 2.00. The molecule has 0 saturated carbocycles. The third-order valence-corrected chi connectivity index (χ3v) is 1.98. The predicted molar refractivity (Wildman–Crippen MR) is 55.6 cm³/mol. The van der Waals surface area contributed by atoms with Gasteiger partial charge >= 0.3 is 0 Å². The second-order valence-corrected chi connectivity index (χ2v) is 3.33. The molecule has 0 spiro atoms. The fourth-order valence-electron chi connectivity index (χ4n) is 0.931. The van der Waals surface area contributed by atoms with Crippen LogP contribution in [0.25, 0.3) is 0 Å². The molecule has 0 unspecified atom stereocenters. The molecule has 0 atom stereocenters. The molecular formula is C9H19NOS. The minimum Gasteiger partial charge on any atom is -0.356 e. The summed E-state index contributed by atoms with van der Waals surface area (Å²) in [5, 5.41) is 2.88. The van der Waals surface area contributed by atoms with Gasteiger partial charge in [0.1, 0.15) is 0 Å². The molecular weight excluding hydrogens is 170 g/mol. The van der Waals surface area contributed by atoms with Crippen molar-refractivity contribution in [1.29, 1.82) is 0 Å². The van der Waals surface area contributed by atoms with Crippen molar-refractivity contribution in [2.24, 2.45) is 0 Å². The minimum atomic E-state index is 0.167. The maximum atomic E-state index is 11.0. The summed E-state index contributed by atoms with van der Waals surface area (Å²) in [7, 11) is 0. The molecule has 72 valence electrons. The molecule has 1 amide bonds. The van der Waals surface area contributed by atoms with Crippen molar-refractivity contribution < 1.29 is 4.79 Å². The minimum absolute atomic E-state index is 0.167. The number of rotatable bonds is 7. The highest BCUT2D eigenvalue weighted by Gasteiger charge is 1.97. The van der Waals surface area contributed by atoms with Gasteiger partial charge in [-0.3, -0.25) is 4.79 Å². The molecule has 0 aromatic heterocycles. The molecule has 0 radical (unpaired) electrons. The summed E-state index contributed by atoms with van der Waals surface area (Å²) in [5.74, 6) is 0.961. The number of hydrogen-bond acceptors (Lipinski definition) is 2. The molecule has 0 saturated heterocycles. The van der Waals surface area contributed by atoms with Gasteiger partial charge in [-0.05, 0) is 18.6 Å². The third-order valence-electron chi connectivity index (χ3n) is 1.66. The topological polar surface area (TPSA) is 29.1 Å². The third kappa shape index (κ3) is 7.92. The second-order valence-electron chi connectivity index (χ2n) is 2.88. The lowest BCUT2D eigenvalue weighted by molar-refractivity contribution is -0.121.